The van der Waals surface area contributed by atoms with E-state index in [0.717, 1.165) is 17.7 Å². The largest absolute Gasteiger partial charge is 0.405 e. The van der Waals surface area contributed by atoms with Crippen molar-refractivity contribution >= 4 is 11.5 Å². The number of hydrogen-bond acceptors (Lipinski definition) is 6. The predicted octanol–water partition coefficient (Wildman–Crippen LogP) is 3.59. The zero-order valence-electron chi connectivity index (χ0n) is 18.3. The highest BCUT2D eigenvalue weighted by atomic mass is 19.1. The minimum Gasteiger partial charge on any atom is -0.405 e. The van der Waals surface area contributed by atoms with E-state index in [1.807, 2.05) is 6.07 Å². The van der Waals surface area contributed by atoms with Gasteiger partial charge in [-0.15, -0.1) is 5.11 Å². The van der Waals surface area contributed by atoms with Gasteiger partial charge in [0.25, 0.3) is 0 Å². The number of benzene rings is 1. The molecule has 8 heteroatoms. The van der Waals surface area contributed by atoms with Gasteiger partial charge < -0.3 is 16.4 Å². The van der Waals surface area contributed by atoms with E-state index >= 15 is 0 Å². The molecule has 1 aliphatic rings. The zero-order valence-corrected chi connectivity index (χ0v) is 18.3. The summed E-state index contributed by atoms with van der Waals surface area (Å²) in [5, 5.41) is 11.2. The first-order valence-electron chi connectivity index (χ1n) is 10.3. The number of nitrogens with two attached hydrogens (primary N) is 2. The van der Waals surface area contributed by atoms with Crippen LogP contribution in [0.1, 0.15) is 38.8 Å². The standard InChI is InChI=1S/C22H34FN7/c1-14(2)8-17-9-19(23)21(22(26)28-27)20(10-17)29-11-15(3)30(16(4)12-29)13-18(25)6-5-7-24/h5-7,9-10,14-16,26-27H,8,11-13,24-25H2,1-4H3/b7-5-,18-6-,26-22?,28-27?. The van der Waals surface area contributed by atoms with E-state index in [4.69, 9.17) is 22.4 Å². The molecule has 2 rings (SSSR count). The molecule has 6 N–H and O–H groups in total. The summed E-state index contributed by atoms with van der Waals surface area (Å²) in [5.41, 5.74) is 21.1. The minimum atomic E-state index is -0.493. The SMILES string of the molecule is CC(C)Cc1cc(F)c(C(=N)N=N)c(N2CC(C)N(C/C(N)=C/C=C\N)C(C)C2)c1. The molecule has 1 aromatic rings. The third-order valence-electron chi connectivity index (χ3n) is 5.35. The number of nitrogens with zero attached hydrogens (tertiary/aromatic N) is 3. The first-order valence-corrected chi connectivity index (χ1v) is 10.3. The Bertz CT molecular complexity index is 819. The number of hydrogen-bond donors (Lipinski definition) is 4. The monoisotopic (exact) mass is 415 g/mol. The van der Waals surface area contributed by atoms with Gasteiger partial charge in [0.1, 0.15) is 5.82 Å². The smallest absolute Gasteiger partial charge is 0.178 e. The van der Waals surface area contributed by atoms with E-state index in [9.17, 15) is 4.39 Å². The van der Waals surface area contributed by atoms with Gasteiger partial charge in [0.2, 0.25) is 0 Å². The van der Waals surface area contributed by atoms with Crippen molar-refractivity contribution in [1.82, 2.24) is 4.90 Å². The summed E-state index contributed by atoms with van der Waals surface area (Å²) in [6.07, 6.45) is 5.71. The van der Waals surface area contributed by atoms with Gasteiger partial charge in [0, 0.05) is 37.4 Å². The van der Waals surface area contributed by atoms with Gasteiger partial charge in [-0.3, -0.25) is 10.3 Å². The maximum absolute atomic E-state index is 15.0. The van der Waals surface area contributed by atoms with E-state index in [-0.39, 0.29) is 23.5 Å². The summed E-state index contributed by atoms with van der Waals surface area (Å²) in [5.74, 6) is -0.467. The number of rotatable bonds is 7. The molecule has 0 bridgehead atoms. The Morgan fingerprint density at radius 1 is 1.30 bits per heavy atom. The van der Waals surface area contributed by atoms with E-state index in [2.05, 4.69) is 42.6 Å². The van der Waals surface area contributed by atoms with Crippen LogP contribution in [0.2, 0.25) is 0 Å². The Kier molecular flexibility index (Phi) is 8.11. The highest BCUT2D eigenvalue weighted by Crippen LogP contribution is 2.31. The number of piperazine rings is 1. The third-order valence-corrected chi connectivity index (χ3v) is 5.35. The first-order chi connectivity index (χ1) is 14.2. The summed E-state index contributed by atoms with van der Waals surface area (Å²) in [4.78, 5) is 4.41. The molecule has 1 aromatic carbocycles. The number of allylic oxidation sites excluding steroid dienone is 2. The summed E-state index contributed by atoms with van der Waals surface area (Å²) in [6, 6.07) is 3.75. The zero-order chi connectivity index (χ0) is 22.4. The number of nitrogens with one attached hydrogen (secondary N) is 2. The second-order valence-corrected chi connectivity index (χ2v) is 8.43. The summed E-state index contributed by atoms with van der Waals surface area (Å²) in [7, 11) is 0. The summed E-state index contributed by atoms with van der Waals surface area (Å²) < 4.78 is 15.0. The van der Waals surface area contributed by atoms with E-state index in [1.165, 1.54) is 12.3 Å². The Morgan fingerprint density at radius 3 is 2.47 bits per heavy atom. The van der Waals surface area contributed by atoms with Gasteiger partial charge >= 0.3 is 0 Å². The average Bonchev–Trinajstić information content (AvgIpc) is 2.67. The second-order valence-electron chi connectivity index (χ2n) is 8.43. The van der Waals surface area contributed by atoms with Gasteiger partial charge in [-0.25, -0.2) is 9.92 Å². The molecule has 1 heterocycles. The normalized spacial score (nSPS) is 20.9. The fourth-order valence-electron chi connectivity index (χ4n) is 4.08. The van der Waals surface area contributed by atoms with Crippen LogP contribution in [0.5, 0.6) is 0 Å². The van der Waals surface area contributed by atoms with Crippen molar-refractivity contribution in [3.8, 4) is 0 Å². The molecule has 2 unspecified atom stereocenters. The maximum atomic E-state index is 15.0. The van der Waals surface area contributed by atoms with Gasteiger partial charge in [-0.1, -0.05) is 13.8 Å². The van der Waals surface area contributed by atoms with Crippen molar-refractivity contribution in [2.24, 2.45) is 22.5 Å². The van der Waals surface area contributed by atoms with Crippen LogP contribution < -0.4 is 16.4 Å². The molecule has 0 saturated carbocycles. The lowest BCUT2D eigenvalue weighted by atomic mass is 9.97. The topological polar surface area (TPSA) is 119 Å². The van der Waals surface area contributed by atoms with Crippen LogP contribution in [-0.2, 0) is 6.42 Å². The lowest BCUT2D eigenvalue weighted by molar-refractivity contribution is 0.144. The molecular formula is C22H34FN7. The molecule has 1 aliphatic heterocycles. The highest BCUT2D eigenvalue weighted by molar-refractivity contribution is 6.02. The Morgan fingerprint density at radius 2 is 1.93 bits per heavy atom. The quantitative estimate of drug-likeness (QED) is 0.235. The van der Waals surface area contributed by atoms with Crippen LogP contribution in [0.4, 0.5) is 10.1 Å². The van der Waals surface area contributed by atoms with Crippen molar-refractivity contribution in [2.75, 3.05) is 24.5 Å². The van der Waals surface area contributed by atoms with Crippen molar-refractivity contribution in [3.63, 3.8) is 0 Å². The number of halogens is 1. The molecule has 1 saturated heterocycles. The van der Waals surface area contributed by atoms with Crippen LogP contribution in [-0.4, -0.2) is 42.5 Å². The highest BCUT2D eigenvalue weighted by Gasteiger charge is 2.32. The predicted molar refractivity (Wildman–Crippen MR) is 120 cm³/mol. The maximum Gasteiger partial charge on any atom is 0.178 e. The van der Waals surface area contributed by atoms with Gasteiger partial charge in [0.05, 0.1) is 11.3 Å². The lowest BCUT2D eigenvalue weighted by Crippen LogP contribution is -2.57. The van der Waals surface area contributed by atoms with Gasteiger partial charge in [0.15, 0.2) is 5.84 Å². The van der Waals surface area contributed by atoms with Crippen LogP contribution in [0.3, 0.4) is 0 Å². The summed E-state index contributed by atoms with van der Waals surface area (Å²) >= 11 is 0. The fraction of sp³-hybridized carbons (Fsp3) is 0.500. The molecule has 164 valence electrons. The van der Waals surface area contributed by atoms with Crippen LogP contribution in [0.15, 0.2) is 41.3 Å². The van der Waals surface area contributed by atoms with Crippen molar-refractivity contribution in [3.05, 3.63) is 53.1 Å². The van der Waals surface area contributed by atoms with Crippen LogP contribution >= 0.6 is 0 Å². The molecule has 30 heavy (non-hydrogen) atoms. The number of amidine groups is 1. The van der Waals surface area contributed by atoms with E-state index in [1.54, 1.807) is 12.2 Å². The summed E-state index contributed by atoms with van der Waals surface area (Å²) in [6.45, 7) is 10.3. The van der Waals surface area contributed by atoms with E-state index < -0.39 is 5.82 Å². The molecule has 0 radical (unpaired) electrons. The lowest BCUT2D eigenvalue weighted by Gasteiger charge is -2.46. The first kappa shape index (κ1) is 23.5. The molecule has 0 amide bonds. The molecule has 0 aromatic heterocycles. The van der Waals surface area contributed by atoms with Crippen molar-refractivity contribution in [2.45, 2.75) is 46.2 Å². The number of anilines is 1. The van der Waals surface area contributed by atoms with Crippen molar-refractivity contribution < 1.29 is 4.39 Å². The molecule has 2 atom stereocenters. The molecule has 1 fully saturated rings. The minimum absolute atomic E-state index is 0.0952. The molecule has 7 nitrogen and oxygen atoms in total. The van der Waals surface area contributed by atoms with Crippen LogP contribution in [0, 0.1) is 22.7 Å². The van der Waals surface area contributed by atoms with Crippen LogP contribution in [0.25, 0.3) is 0 Å². The average molecular weight is 416 g/mol. The molecule has 0 spiro atoms. The Hall–Kier alpha value is -2.74. The van der Waals surface area contributed by atoms with Gasteiger partial charge in [-0.05, 0) is 62.2 Å². The Balaban J connectivity index is 2.36. The fourth-order valence-corrected chi connectivity index (χ4v) is 4.08. The van der Waals surface area contributed by atoms with E-state index in [0.29, 0.717) is 31.2 Å². The molecule has 0 aliphatic carbocycles. The second kappa shape index (κ2) is 10.3. The Labute approximate surface area is 178 Å². The van der Waals surface area contributed by atoms with Gasteiger partial charge in [-0.2, -0.15) is 0 Å². The van der Waals surface area contributed by atoms with Crippen molar-refractivity contribution in [1.29, 1.82) is 10.9 Å². The third kappa shape index (κ3) is 5.66. The molecular weight excluding hydrogens is 381 g/mol.